The lowest BCUT2D eigenvalue weighted by Gasteiger charge is -2.09. The Hall–Kier alpha value is -1.99. The van der Waals surface area contributed by atoms with Crippen molar-refractivity contribution >= 4 is 46.6 Å². The molecule has 8 heteroatoms. The number of ether oxygens (including phenoxy) is 2. The molecule has 2 rings (SSSR count). The van der Waals surface area contributed by atoms with Crippen molar-refractivity contribution in [3.8, 4) is 5.75 Å². The molecule has 0 N–H and O–H groups in total. The average molecular weight is 342 g/mol. The van der Waals surface area contributed by atoms with Gasteiger partial charge in [0.15, 0.2) is 0 Å². The number of amides is 2. The lowest BCUT2D eigenvalue weighted by Crippen LogP contribution is -2.34. The van der Waals surface area contributed by atoms with Crippen molar-refractivity contribution in [3.63, 3.8) is 0 Å². The number of thioether (sulfide) groups is 1. The van der Waals surface area contributed by atoms with Gasteiger partial charge in [0.05, 0.1) is 24.1 Å². The molecule has 1 aromatic rings. The predicted molar refractivity (Wildman–Crippen MR) is 82.7 cm³/mol. The largest absolute Gasteiger partial charge is 0.495 e. The summed E-state index contributed by atoms with van der Waals surface area (Å²) in [6.45, 7) is -0.401. The highest BCUT2D eigenvalue weighted by atomic mass is 35.5. The summed E-state index contributed by atoms with van der Waals surface area (Å²) >= 11 is 6.77. The molecule has 0 spiro atoms. The molecule has 116 valence electrons. The fraction of sp³-hybridized carbons (Fsp3) is 0.214. The first-order chi connectivity index (χ1) is 10.5. The number of carbonyl (C=O) groups is 3. The van der Waals surface area contributed by atoms with Gasteiger partial charge in [0.1, 0.15) is 12.3 Å². The van der Waals surface area contributed by atoms with Crippen molar-refractivity contribution in [1.82, 2.24) is 4.90 Å². The number of rotatable bonds is 4. The van der Waals surface area contributed by atoms with E-state index in [2.05, 4.69) is 4.74 Å². The van der Waals surface area contributed by atoms with E-state index in [4.69, 9.17) is 16.3 Å². The van der Waals surface area contributed by atoms with Gasteiger partial charge in [-0.15, -0.1) is 0 Å². The highest BCUT2D eigenvalue weighted by Gasteiger charge is 2.36. The van der Waals surface area contributed by atoms with Crippen LogP contribution < -0.4 is 4.74 Å². The summed E-state index contributed by atoms with van der Waals surface area (Å²) in [6, 6.07) is 4.99. The minimum atomic E-state index is -0.656. The van der Waals surface area contributed by atoms with Gasteiger partial charge in [-0.2, -0.15) is 0 Å². The fourth-order valence-corrected chi connectivity index (χ4v) is 2.86. The number of methoxy groups -OCH3 is 2. The van der Waals surface area contributed by atoms with E-state index in [1.807, 2.05) is 0 Å². The van der Waals surface area contributed by atoms with Crippen molar-refractivity contribution in [1.29, 1.82) is 0 Å². The van der Waals surface area contributed by atoms with Gasteiger partial charge >= 0.3 is 5.97 Å². The van der Waals surface area contributed by atoms with Crippen molar-refractivity contribution in [2.75, 3.05) is 20.8 Å². The van der Waals surface area contributed by atoms with Crippen molar-refractivity contribution in [2.45, 2.75) is 0 Å². The molecule has 1 heterocycles. The van der Waals surface area contributed by atoms with Gasteiger partial charge in [-0.05, 0) is 35.5 Å². The van der Waals surface area contributed by atoms with Gasteiger partial charge in [-0.25, -0.2) is 0 Å². The molecule has 1 aliphatic rings. The van der Waals surface area contributed by atoms with Crippen LogP contribution in [0.4, 0.5) is 4.79 Å². The second-order valence-electron chi connectivity index (χ2n) is 4.24. The van der Waals surface area contributed by atoms with Crippen molar-refractivity contribution in [3.05, 3.63) is 33.7 Å². The Morgan fingerprint density at radius 3 is 2.68 bits per heavy atom. The van der Waals surface area contributed by atoms with E-state index in [0.29, 0.717) is 16.3 Å². The average Bonchev–Trinajstić information content (AvgIpc) is 2.75. The Labute approximate surface area is 136 Å². The molecule has 0 aromatic heterocycles. The summed E-state index contributed by atoms with van der Waals surface area (Å²) in [4.78, 5) is 36.2. The molecule has 0 atom stereocenters. The van der Waals surface area contributed by atoms with Crippen LogP contribution in [0.1, 0.15) is 5.56 Å². The van der Waals surface area contributed by atoms with Gasteiger partial charge in [-0.3, -0.25) is 19.3 Å². The predicted octanol–water partition coefficient (Wildman–Crippen LogP) is 2.56. The third kappa shape index (κ3) is 3.42. The van der Waals surface area contributed by atoms with Gasteiger partial charge in [0, 0.05) is 0 Å². The topological polar surface area (TPSA) is 72.9 Å². The van der Waals surface area contributed by atoms with Crippen LogP contribution in [0.15, 0.2) is 23.1 Å². The van der Waals surface area contributed by atoms with Crippen LogP contribution in [0, 0.1) is 0 Å². The Morgan fingerprint density at radius 2 is 2.09 bits per heavy atom. The van der Waals surface area contributed by atoms with Crippen LogP contribution in [-0.4, -0.2) is 42.8 Å². The SMILES string of the molecule is COC(=O)CN1C(=O)S/C(=C/c2ccc(OC)c(Cl)c2)C1=O. The third-order valence-corrected chi connectivity index (χ3v) is 4.06. The Bertz CT molecular complexity index is 673. The van der Waals surface area contributed by atoms with Crippen LogP contribution >= 0.6 is 23.4 Å². The highest BCUT2D eigenvalue weighted by molar-refractivity contribution is 8.18. The summed E-state index contributed by atoms with van der Waals surface area (Å²) in [5.74, 6) is -0.680. The second kappa shape index (κ2) is 6.85. The standard InChI is InChI=1S/C14H12ClNO5S/c1-20-10-4-3-8(5-9(10)15)6-11-13(18)16(14(19)22-11)7-12(17)21-2/h3-6H,7H2,1-2H3/b11-6+. The lowest BCUT2D eigenvalue weighted by atomic mass is 10.2. The Morgan fingerprint density at radius 1 is 1.36 bits per heavy atom. The molecule has 0 unspecified atom stereocenters. The zero-order valence-corrected chi connectivity index (χ0v) is 13.4. The molecule has 22 heavy (non-hydrogen) atoms. The molecule has 1 aliphatic heterocycles. The van der Waals surface area contributed by atoms with Gasteiger partial charge in [0.2, 0.25) is 0 Å². The molecule has 2 amide bonds. The molecular weight excluding hydrogens is 330 g/mol. The molecule has 6 nitrogen and oxygen atoms in total. The number of carbonyl (C=O) groups excluding carboxylic acids is 3. The van der Waals surface area contributed by atoms with E-state index in [-0.39, 0.29) is 4.91 Å². The molecule has 1 fully saturated rings. The lowest BCUT2D eigenvalue weighted by molar-refractivity contribution is -0.143. The van der Waals surface area contributed by atoms with Crippen LogP contribution in [0.25, 0.3) is 6.08 Å². The minimum Gasteiger partial charge on any atom is -0.495 e. The first-order valence-electron chi connectivity index (χ1n) is 6.12. The molecule has 1 aromatic carbocycles. The molecule has 0 saturated carbocycles. The maximum atomic E-state index is 12.1. The minimum absolute atomic E-state index is 0.218. The van der Waals surface area contributed by atoms with Crippen LogP contribution in [0.3, 0.4) is 0 Å². The van der Waals surface area contributed by atoms with E-state index in [0.717, 1.165) is 16.7 Å². The summed E-state index contributed by atoms with van der Waals surface area (Å²) in [5, 5.41) is -0.119. The zero-order valence-electron chi connectivity index (χ0n) is 11.8. The summed E-state index contributed by atoms with van der Waals surface area (Å²) in [7, 11) is 2.69. The van der Waals surface area contributed by atoms with Crippen LogP contribution in [0.2, 0.25) is 5.02 Å². The van der Waals surface area contributed by atoms with Crippen molar-refractivity contribution < 1.29 is 23.9 Å². The number of imide groups is 1. The number of halogens is 1. The van der Waals surface area contributed by atoms with E-state index in [9.17, 15) is 14.4 Å². The number of hydrogen-bond acceptors (Lipinski definition) is 6. The maximum absolute atomic E-state index is 12.1. The Balaban J connectivity index is 2.22. The summed E-state index contributed by atoms with van der Waals surface area (Å²) < 4.78 is 9.50. The normalized spacial score (nSPS) is 16.3. The molecule has 0 radical (unpaired) electrons. The molecule has 0 bridgehead atoms. The number of esters is 1. The van der Waals surface area contributed by atoms with Gasteiger partial charge < -0.3 is 9.47 Å². The summed E-state index contributed by atoms with van der Waals surface area (Å²) in [5.41, 5.74) is 0.648. The van der Waals surface area contributed by atoms with E-state index in [1.54, 1.807) is 18.2 Å². The van der Waals surface area contributed by atoms with Crippen LogP contribution in [-0.2, 0) is 14.3 Å². The van der Waals surface area contributed by atoms with Crippen LogP contribution in [0.5, 0.6) is 5.75 Å². The monoisotopic (exact) mass is 341 g/mol. The van der Waals surface area contributed by atoms with E-state index >= 15 is 0 Å². The van der Waals surface area contributed by atoms with Gasteiger partial charge in [0.25, 0.3) is 11.1 Å². The molecule has 0 aliphatic carbocycles. The third-order valence-electron chi connectivity index (χ3n) is 2.86. The first kappa shape index (κ1) is 16.4. The zero-order chi connectivity index (χ0) is 16.3. The quantitative estimate of drug-likeness (QED) is 0.619. The summed E-state index contributed by atoms with van der Waals surface area (Å²) in [6.07, 6.45) is 1.54. The van der Waals surface area contributed by atoms with E-state index < -0.39 is 23.7 Å². The fourth-order valence-electron chi connectivity index (χ4n) is 1.75. The number of benzene rings is 1. The molecular formula is C14H12ClNO5S. The van der Waals surface area contributed by atoms with Gasteiger partial charge in [-0.1, -0.05) is 17.7 Å². The highest BCUT2D eigenvalue weighted by Crippen LogP contribution is 2.33. The van der Waals surface area contributed by atoms with Crippen molar-refractivity contribution in [2.24, 2.45) is 0 Å². The molecule has 1 saturated heterocycles. The number of nitrogens with zero attached hydrogens (tertiary/aromatic N) is 1. The number of hydrogen-bond donors (Lipinski definition) is 0. The maximum Gasteiger partial charge on any atom is 0.325 e. The Kier molecular flexibility index (Phi) is 5.10. The smallest absolute Gasteiger partial charge is 0.325 e. The van der Waals surface area contributed by atoms with E-state index in [1.165, 1.54) is 20.3 Å². The first-order valence-corrected chi connectivity index (χ1v) is 7.31. The second-order valence-corrected chi connectivity index (χ2v) is 5.64.